The number of hydrogen-bond donors (Lipinski definition) is 1. The van der Waals surface area contributed by atoms with E-state index in [0.29, 0.717) is 0 Å². The Kier molecular flexibility index (Phi) is 3.43. The lowest BCUT2D eigenvalue weighted by Gasteiger charge is -2.28. The molecule has 1 aromatic rings. The maximum atomic E-state index is 12.4. The van der Waals surface area contributed by atoms with Crippen molar-refractivity contribution in [3.05, 3.63) is 35.4 Å². The summed E-state index contributed by atoms with van der Waals surface area (Å²) in [7, 11) is 0. The fourth-order valence-corrected chi connectivity index (χ4v) is 2.42. The molecule has 0 amide bonds. The minimum atomic E-state index is -4.29. The molecule has 1 saturated carbocycles. The molecule has 4 heteroatoms. The van der Waals surface area contributed by atoms with Crippen molar-refractivity contribution in [1.29, 1.82) is 0 Å². The molecule has 1 aromatic carbocycles. The monoisotopic (exact) mass is 244 g/mol. The Morgan fingerprint density at radius 2 is 1.59 bits per heavy atom. The number of benzene rings is 1. The van der Waals surface area contributed by atoms with Gasteiger partial charge in [-0.05, 0) is 30.5 Å². The molecule has 1 fully saturated rings. The predicted molar refractivity (Wildman–Crippen MR) is 58.7 cm³/mol. The van der Waals surface area contributed by atoms with Gasteiger partial charge in [-0.1, -0.05) is 25.0 Å². The van der Waals surface area contributed by atoms with Gasteiger partial charge in [-0.2, -0.15) is 13.2 Å². The second-order valence-electron chi connectivity index (χ2n) is 4.58. The Morgan fingerprint density at radius 3 is 2.12 bits per heavy atom. The molecule has 0 aromatic heterocycles. The Bertz CT molecular complexity index is 369. The van der Waals surface area contributed by atoms with Gasteiger partial charge < -0.3 is 5.11 Å². The van der Waals surface area contributed by atoms with Crippen molar-refractivity contribution in [3.8, 4) is 0 Å². The molecule has 0 bridgehead atoms. The number of aliphatic hydroxyl groups is 1. The SMILES string of the molecule is O[C@@H]1CCCC[C@H]1c1ccc(C(F)(F)F)cc1. The highest BCUT2D eigenvalue weighted by Gasteiger charge is 2.31. The standard InChI is InChI=1S/C13H15F3O/c14-13(15,16)10-7-5-9(6-8-10)11-3-1-2-4-12(11)17/h5-8,11-12,17H,1-4H2/t11-,12+/m0/s1. The molecule has 0 aliphatic heterocycles. The van der Waals surface area contributed by atoms with E-state index in [2.05, 4.69) is 0 Å². The zero-order chi connectivity index (χ0) is 12.5. The van der Waals surface area contributed by atoms with Gasteiger partial charge in [-0.15, -0.1) is 0 Å². The van der Waals surface area contributed by atoms with E-state index in [9.17, 15) is 18.3 Å². The quantitative estimate of drug-likeness (QED) is 0.798. The van der Waals surface area contributed by atoms with Crippen LogP contribution in [0.5, 0.6) is 0 Å². The van der Waals surface area contributed by atoms with Crippen molar-refractivity contribution in [2.75, 3.05) is 0 Å². The third-order valence-electron chi connectivity index (χ3n) is 3.40. The molecule has 17 heavy (non-hydrogen) atoms. The van der Waals surface area contributed by atoms with Gasteiger partial charge in [0.15, 0.2) is 0 Å². The summed E-state index contributed by atoms with van der Waals surface area (Å²) < 4.78 is 37.2. The van der Waals surface area contributed by atoms with Crippen molar-refractivity contribution in [1.82, 2.24) is 0 Å². The molecule has 1 nitrogen and oxygen atoms in total. The van der Waals surface area contributed by atoms with Crippen LogP contribution in [0.15, 0.2) is 24.3 Å². The van der Waals surface area contributed by atoms with Gasteiger partial charge in [0.25, 0.3) is 0 Å². The van der Waals surface area contributed by atoms with Crippen LogP contribution < -0.4 is 0 Å². The largest absolute Gasteiger partial charge is 0.416 e. The Morgan fingerprint density at radius 1 is 1.00 bits per heavy atom. The first-order chi connectivity index (χ1) is 7.98. The minimum absolute atomic E-state index is 0.00830. The van der Waals surface area contributed by atoms with E-state index in [1.165, 1.54) is 12.1 Å². The molecule has 2 rings (SSSR count). The minimum Gasteiger partial charge on any atom is -0.392 e. The lowest BCUT2D eigenvalue weighted by molar-refractivity contribution is -0.137. The molecule has 0 unspecified atom stereocenters. The average Bonchev–Trinajstić information content (AvgIpc) is 2.29. The van der Waals surface area contributed by atoms with Crippen LogP contribution in [-0.2, 0) is 6.18 Å². The second-order valence-corrected chi connectivity index (χ2v) is 4.58. The molecule has 1 aliphatic carbocycles. The van der Waals surface area contributed by atoms with Crippen LogP contribution >= 0.6 is 0 Å². The number of aliphatic hydroxyl groups excluding tert-OH is 1. The van der Waals surface area contributed by atoms with Crippen LogP contribution in [0.3, 0.4) is 0 Å². The van der Waals surface area contributed by atoms with Crippen molar-refractivity contribution in [2.45, 2.75) is 43.9 Å². The van der Waals surface area contributed by atoms with Crippen LogP contribution in [-0.4, -0.2) is 11.2 Å². The van der Waals surface area contributed by atoms with Gasteiger partial charge >= 0.3 is 6.18 Å². The summed E-state index contributed by atoms with van der Waals surface area (Å²) in [5.74, 6) is -0.00830. The zero-order valence-electron chi connectivity index (χ0n) is 9.37. The molecule has 0 heterocycles. The molecular weight excluding hydrogens is 229 g/mol. The summed E-state index contributed by atoms with van der Waals surface area (Å²) in [6.07, 6.45) is -1.08. The van der Waals surface area contributed by atoms with Crippen molar-refractivity contribution >= 4 is 0 Å². The third kappa shape index (κ3) is 2.80. The van der Waals surface area contributed by atoms with Gasteiger partial charge in [-0.3, -0.25) is 0 Å². The molecule has 1 N–H and O–H groups in total. The van der Waals surface area contributed by atoms with Crippen molar-refractivity contribution in [3.63, 3.8) is 0 Å². The van der Waals surface area contributed by atoms with Crippen LogP contribution in [0.25, 0.3) is 0 Å². The van der Waals surface area contributed by atoms with Crippen LogP contribution in [0.4, 0.5) is 13.2 Å². The van der Waals surface area contributed by atoms with E-state index in [1.807, 2.05) is 0 Å². The normalized spacial score (nSPS) is 25.9. The van der Waals surface area contributed by atoms with Crippen LogP contribution in [0.2, 0.25) is 0 Å². The molecular formula is C13H15F3O. The molecule has 94 valence electrons. The third-order valence-corrected chi connectivity index (χ3v) is 3.40. The first-order valence-electron chi connectivity index (χ1n) is 5.84. The van der Waals surface area contributed by atoms with Gasteiger partial charge in [0, 0.05) is 5.92 Å². The smallest absolute Gasteiger partial charge is 0.392 e. The fourth-order valence-electron chi connectivity index (χ4n) is 2.42. The first-order valence-corrected chi connectivity index (χ1v) is 5.84. The Balaban J connectivity index is 2.17. The lowest BCUT2D eigenvalue weighted by atomic mass is 9.81. The molecule has 0 spiro atoms. The second kappa shape index (κ2) is 4.69. The topological polar surface area (TPSA) is 20.2 Å². The number of halogens is 3. The van der Waals surface area contributed by atoms with E-state index in [0.717, 1.165) is 43.4 Å². The average molecular weight is 244 g/mol. The Labute approximate surface area is 98.3 Å². The highest BCUT2D eigenvalue weighted by atomic mass is 19.4. The fraction of sp³-hybridized carbons (Fsp3) is 0.538. The lowest BCUT2D eigenvalue weighted by Crippen LogP contribution is -2.22. The van der Waals surface area contributed by atoms with Crippen molar-refractivity contribution < 1.29 is 18.3 Å². The summed E-state index contributed by atoms with van der Waals surface area (Å²) in [4.78, 5) is 0. The number of rotatable bonds is 1. The van der Waals surface area contributed by atoms with Gasteiger partial charge in [-0.25, -0.2) is 0 Å². The van der Waals surface area contributed by atoms with Crippen molar-refractivity contribution in [2.24, 2.45) is 0 Å². The van der Waals surface area contributed by atoms with Crippen LogP contribution in [0, 0.1) is 0 Å². The molecule has 0 saturated heterocycles. The maximum Gasteiger partial charge on any atom is 0.416 e. The van der Waals surface area contributed by atoms with E-state index in [4.69, 9.17) is 0 Å². The number of hydrogen-bond acceptors (Lipinski definition) is 1. The van der Waals surface area contributed by atoms with Gasteiger partial charge in [0.2, 0.25) is 0 Å². The first kappa shape index (κ1) is 12.4. The number of alkyl halides is 3. The maximum absolute atomic E-state index is 12.4. The molecule has 1 aliphatic rings. The van der Waals surface area contributed by atoms with Gasteiger partial charge in [0.05, 0.1) is 11.7 Å². The summed E-state index contributed by atoms with van der Waals surface area (Å²) in [6.45, 7) is 0. The summed E-state index contributed by atoms with van der Waals surface area (Å²) >= 11 is 0. The van der Waals surface area contributed by atoms with E-state index >= 15 is 0 Å². The van der Waals surface area contributed by atoms with E-state index in [-0.39, 0.29) is 5.92 Å². The highest BCUT2D eigenvalue weighted by molar-refractivity contribution is 5.28. The van der Waals surface area contributed by atoms with Crippen LogP contribution in [0.1, 0.15) is 42.7 Å². The zero-order valence-corrected chi connectivity index (χ0v) is 9.37. The molecule has 2 atom stereocenters. The van der Waals surface area contributed by atoms with Gasteiger partial charge in [0.1, 0.15) is 0 Å². The van der Waals surface area contributed by atoms with E-state index < -0.39 is 17.8 Å². The highest BCUT2D eigenvalue weighted by Crippen LogP contribution is 2.35. The Hall–Kier alpha value is -1.03. The van der Waals surface area contributed by atoms with E-state index in [1.54, 1.807) is 0 Å². The summed E-state index contributed by atoms with van der Waals surface area (Å²) in [5, 5.41) is 9.83. The summed E-state index contributed by atoms with van der Waals surface area (Å²) in [5.41, 5.74) is 0.178. The summed E-state index contributed by atoms with van der Waals surface area (Å²) in [6, 6.07) is 5.16. The molecule has 0 radical (unpaired) electrons. The predicted octanol–water partition coefficient (Wildman–Crippen LogP) is 3.72.